The molecule has 0 bridgehead atoms. The standard InChI is InChI=1S/C12H13N3O3/c1-8-4-10(5-11(16)15-8)12(17)18-3-2-9-6-13-14-7-9/h4-7H,2-3H2,1H3,(H,13,14)(H,15,16). The van der Waals surface area contributed by atoms with Gasteiger partial charge in [0.2, 0.25) is 5.56 Å². The van der Waals surface area contributed by atoms with E-state index < -0.39 is 5.97 Å². The third-order valence-electron chi connectivity index (χ3n) is 2.39. The number of carbonyl (C=O) groups excluding carboxylic acids is 1. The van der Waals surface area contributed by atoms with Crippen LogP contribution in [0.5, 0.6) is 0 Å². The summed E-state index contributed by atoms with van der Waals surface area (Å²) in [5.41, 5.74) is 1.55. The zero-order valence-corrected chi connectivity index (χ0v) is 9.90. The van der Waals surface area contributed by atoms with Crippen molar-refractivity contribution in [3.63, 3.8) is 0 Å². The van der Waals surface area contributed by atoms with Gasteiger partial charge in [0, 0.05) is 24.4 Å². The van der Waals surface area contributed by atoms with Crippen molar-refractivity contribution in [1.82, 2.24) is 15.2 Å². The van der Waals surface area contributed by atoms with E-state index in [2.05, 4.69) is 15.2 Å². The molecule has 0 fully saturated rings. The second-order valence-electron chi connectivity index (χ2n) is 3.91. The van der Waals surface area contributed by atoms with Gasteiger partial charge in [-0.3, -0.25) is 9.89 Å². The molecule has 2 heterocycles. The van der Waals surface area contributed by atoms with Crippen molar-refractivity contribution in [2.24, 2.45) is 0 Å². The number of H-pyrrole nitrogens is 2. The summed E-state index contributed by atoms with van der Waals surface area (Å²) < 4.78 is 5.08. The van der Waals surface area contributed by atoms with E-state index in [4.69, 9.17) is 4.74 Å². The van der Waals surface area contributed by atoms with Crippen LogP contribution in [0.3, 0.4) is 0 Å². The molecule has 2 aromatic rings. The van der Waals surface area contributed by atoms with Crippen LogP contribution in [0, 0.1) is 6.92 Å². The van der Waals surface area contributed by atoms with E-state index in [1.807, 2.05) is 0 Å². The zero-order chi connectivity index (χ0) is 13.0. The van der Waals surface area contributed by atoms with Gasteiger partial charge in [0.05, 0.1) is 18.4 Å². The molecule has 2 N–H and O–H groups in total. The Morgan fingerprint density at radius 1 is 1.44 bits per heavy atom. The molecular weight excluding hydrogens is 234 g/mol. The number of rotatable bonds is 4. The summed E-state index contributed by atoms with van der Waals surface area (Å²) in [6, 6.07) is 2.81. The van der Waals surface area contributed by atoms with Gasteiger partial charge in [-0.25, -0.2) is 4.79 Å². The summed E-state index contributed by atoms with van der Waals surface area (Å²) in [5, 5.41) is 6.47. The summed E-state index contributed by atoms with van der Waals surface area (Å²) in [6.07, 6.45) is 4.00. The SMILES string of the molecule is Cc1cc(C(=O)OCCc2cn[nH]c2)cc(=O)[nH]1. The van der Waals surface area contributed by atoms with Crippen LogP contribution in [-0.4, -0.2) is 27.8 Å². The molecule has 0 saturated carbocycles. The highest BCUT2D eigenvalue weighted by Gasteiger charge is 2.08. The van der Waals surface area contributed by atoms with Gasteiger partial charge < -0.3 is 9.72 Å². The van der Waals surface area contributed by atoms with Crippen LogP contribution in [0.25, 0.3) is 0 Å². The summed E-state index contributed by atoms with van der Waals surface area (Å²) in [7, 11) is 0. The quantitative estimate of drug-likeness (QED) is 0.782. The molecule has 2 aromatic heterocycles. The number of hydrogen-bond acceptors (Lipinski definition) is 4. The lowest BCUT2D eigenvalue weighted by Crippen LogP contribution is -2.14. The second-order valence-corrected chi connectivity index (χ2v) is 3.91. The Morgan fingerprint density at radius 2 is 2.28 bits per heavy atom. The molecule has 2 rings (SSSR count). The fraction of sp³-hybridized carbons (Fsp3) is 0.250. The summed E-state index contributed by atoms with van der Waals surface area (Å²) in [5.74, 6) is -0.493. The number of ether oxygens (including phenoxy) is 1. The van der Waals surface area contributed by atoms with E-state index >= 15 is 0 Å². The molecule has 0 aromatic carbocycles. The maximum absolute atomic E-state index is 11.7. The Labute approximate surface area is 103 Å². The number of aryl methyl sites for hydroxylation is 1. The third kappa shape index (κ3) is 3.07. The first-order valence-corrected chi connectivity index (χ1v) is 5.51. The van der Waals surface area contributed by atoms with Crippen molar-refractivity contribution in [3.8, 4) is 0 Å². The summed E-state index contributed by atoms with van der Waals surface area (Å²) in [6.45, 7) is 1.97. The first kappa shape index (κ1) is 12.1. The van der Waals surface area contributed by atoms with Crippen molar-refractivity contribution in [2.45, 2.75) is 13.3 Å². The monoisotopic (exact) mass is 247 g/mol. The van der Waals surface area contributed by atoms with Gasteiger partial charge in [0.15, 0.2) is 0 Å². The van der Waals surface area contributed by atoms with Crippen LogP contribution in [0.1, 0.15) is 21.6 Å². The Kier molecular flexibility index (Phi) is 3.57. The lowest BCUT2D eigenvalue weighted by atomic mass is 10.2. The van der Waals surface area contributed by atoms with Crippen LogP contribution >= 0.6 is 0 Å². The number of nitrogens with zero attached hydrogens (tertiary/aromatic N) is 1. The molecule has 0 saturated heterocycles. The van der Waals surface area contributed by atoms with Crippen LogP contribution in [0.2, 0.25) is 0 Å². The fourth-order valence-corrected chi connectivity index (χ4v) is 1.56. The number of pyridine rings is 1. The minimum absolute atomic E-state index is 0.254. The lowest BCUT2D eigenvalue weighted by Gasteiger charge is -2.04. The van der Waals surface area contributed by atoms with E-state index in [1.165, 1.54) is 6.07 Å². The van der Waals surface area contributed by atoms with Crippen LogP contribution < -0.4 is 5.56 Å². The molecule has 0 atom stereocenters. The maximum Gasteiger partial charge on any atom is 0.338 e. The Hall–Kier alpha value is -2.37. The Bertz CT molecular complexity index is 587. The molecular formula is C12H13N3O3. The Balaban J connectivity index is 1.93. The molecule has 0 aliphatic carbocycles. The number of aromatic amines is 2. The fourth-order valence-electron chi connectivity index (χ4n) is 1.56. The van der Waals surface area contributed by atoms with E-state index in [1.54, 1.807) is 25.4 Å². The molecule has 94 valence electrons. The van der Waals surface area contributed by atoms with Crippen molar-refractivity contribution >= 4 is 5.97 Å². The molecule has 6 nitrogen and oxygen atoms in total. The normalized spacial score (nSPS) is 10.3. The molecule has 0 unspecified atom stereocenters. The number of aromatic nitrogens is 3. The minimum atomic E-state index is -0.493. The lowest BCUT2D eigenvalue weighted by molar-refractivity contribution is 0.0509. The number of esters is 1. The van der Waals surface area contributed by atoms with Gasteiger partial charge in [0.25, 0.3) is 0 Å². The highest BCUT2D eigenvalue weighted by Crippen LogP contribution is 2.02. The molecule has 0 amide bonds. The summed E-state index contributed by atoms with van der Waals surface area (Å²) in [4.78, 5) is 25.4. The van der Waals surface area contributed by atoms with Gasteiger partial charge in [-0.15, -0.1) is 0 Å². The first-order chi connectivity index (χ1) is 8.65. The first-order valence-electron chi connectivity index (χ1n) is 5.51. The molecule has 0 aliphatic rings. The predicted molar refractivity (Wildman–Crippen MR) is 64.4 cm³/mol. The van der Waals surface area contributed by atoms with Crippen LogP contribution in [-0.2, 0) is 11.2 Å². The highest BCUT2D eigenvalue weighted by atomic mass is 16.5. The van der Waals surface area contributed by atoms with Gasteiger partial charge in [-0.1, -0.05) is 0 Å². The highest BCUT2D eigenvalue weighted by molar-refractivity contribution is 5.89. The maximum atomic E-state index is 11.7. The Morgan fingerprint density at radius 3 is 2.94 bits per heavy atom. The molecule has 0 aliphatic heterocycles. The number of carbonyl (C=O) groups is 1. The minimum Gasteiger partial charge on any atom is -0.462 e. The predicted octanol–water partition coefficient (Wildman–Crippen LogP) is 0.806. The van der Waals surface area contributed by atoms with E-state index in [-0.39, 0.29) is 17.7 Å². The number of hydrogen-bond donors (Lipinski definition) is 2. The average Bonchev–Trinajstić information content (AvgIpc) is 2.80. The van der Waals surface area contributed by atoms with Crippen LogP contribution in [0.4, 0.5) is 0 Å². The zero-order valence-electron chi connectivity index (χ0n) is 9.90. The largest absolute Gasteiger partial charge is 0.462 e. The van der Waals surface area contributed by atoms with Crippen molar-refractivity contribution in [3.05, 3.63) is 51.7 Å². The molecule has 18 heavy (non-hydrogen) atoms. The van der Waals surface area contributed by atoms with E-state index in [0.29, 0.717) is 12.1 Å². The van der Waals surface area contributed by atoms with Crippen molar-refractivity contribution in [1.29, 1.82) is 0 Å². The second kappa shape index (κ2) is 5.31. The van der Waals surface area contributed by atoms with Crippen LogP contribution in [0.15, 0.2) is 29.3 Å². The third-order valence-corrected chi connectivity index (χ3v) is 2.39. The van der Waals surface area contributed by atoms with Gasteiger partial charge in [-0.05, 0) is 18.6 Å². The van der Waals surface area contributed by atoms with Crippen molar-refractivity contribution in [2.75, 3.05) is 6.61 Å². The van der Waals surface area contributed by atoms with Gasteiger partial charge in [0.1, 0.15) is 0 Å². The number of nitrogens with one attached hydrogen (secondary N) is 2. The van der Waals surface area contributed by atoms with E-state index in [0.717, 1.165) is 5.56 Å². The topological polar surface area (TPSA) is 87.8 Å². The summed E-state index contributed by atoms with van der Waals surface area (Å²) >= 11 is 0. The molecule has 6 heteroatoms. The molecule has 0 spiro atoms. The van der Waals surface area contributed by atoms with Gasteiger partial charge in [-0.2, -0.15) is 5.10 Å². The van der Waals surface area contributed by atoms with Crippen molar-refractivity contribution < 1.29 is 9.53 Å². The van der Waals surface area contributed by atoms with Gasteiger partial charge >= 0.3 is 5.97 Å². The smallest absolute Gasteiger partial charge is 0.338 e. The average molecular weight is 247 g/mol. The molecule has 0 radical (unpaired) electrons. The van der Waals surface area contributed by atoms with E-state index in [9.17, 15) is 9.59 Å².